The molecule has 0 fully saturated rings. The Bertz CT molecular complexity index is 923. The SMILES string of the molecule is C[C@@H](NC(=O)[C@H]1Cc2cc(Cl)ccc2O1)c1ccc(-n2ccnc2)cc1. The number of aromatic nitrogens is 2. The molecule has 5 nitrogen and oxygen atoms in total. The Labute approximate surface area is 156 Å². The highest BCUT2D eigenvalue weighted by molar-refractivity contribution is 6.30. The van der Waals surface area contributed by atoms with Crippen LogP contribution in [0.5, 0.6) is 5.75 Å². The van der Waals surface area contributed by atoms with Crippen LogP contribution in [0.4, 0.5) is 0 Å². The molecule has 132 valence electrons. The molecule has 1 amide bonds. The van der Waals surface area contributed by atoms with Crippen LogP contribution < -0.4 is 10.1 Å². The fourth-order valence-electron chi connectivity index (χ4n) is 3.10. The number of hydrogen-bond donors (Lipinski definition) is 1. The molecule has 0 bridgehead atoms. The number of rotatable bonds is 4. The Kier molecular flexibility index (Phi) is 4.39. The maximum absolute atomic E-state index is 12.6. The average molecular weight is 368 g/mol. The molecule has 0 unspecified atom stereocenters. The number of ether oxygens (including phenoxy) is 1. The van der Waals surface area contributed by atoms with Crippen LogP contribution in [-0.4, -0.2) is 21.6 Å². The van der Waals surface area contributed by atoms with Crippen LogP contribution in [-0.2, 0) is 11.2 Å². The molecule has 0 saturated heterocycles. The summed E-state index contributed by atoms with van der Waals surface area (Å²) in [6.45, 7) is 1.96. The minimum Gasteiger partial charge on any atom is -0.480 e. The first-order valence-corrected chi connectivity index (χ1v) is 8.82. The highest BCUT2D eigenvalue weighted by Crippen LogP contribution is 2.31. The van der Waals surface area contributed by atoms with E-state index in [1.54, 1.807) is 18.6 Å². The Morgan fingerprint density at radius 3 is 2.85 bits per heavy atom. The van der Waals surface area contributed by atoms with Gasteiger partial charge in [0.2, 0.25) is 0 Å². The third-order valence-electron chi connectivity index (χ3n) is 4.54. The molecule has 1 aliphatic heterocycles. The van der Waals surface area contributed by atoms with Crippen LogP contribution >= 0.6 is 11.6 Å². The maximum Gasteiger partial charge on any atom is 0.261 e. The van der Waals surface area contributed by atoms with E-state index in [9.17, 15) is 4.79 Å². The number of halogens is 1. The van der Waals surface area contributed by atoms with E-state index in [1.165, 1.54) is 0 Å². The van der Waals surface area contributed by atoms with Gasteiger partial charge in [-0.1, -0.05) is 23.7 Å². The molecule has 0 aliphatic carbocycles. The fraction of sp³-hybridized carbons (Fsp3) is 0.200. The molecule has 2 atom stereocenters. The molecule has 1 aliphatic rings. The normalized spacial score (nSPS) is 16.6. The van der Waals surface area contributed by atoms with Gasteiger partial charge in [-0.15, -0.1) is 0 Å². The predicted molar refractivity (Wildman–Crippen MR) is 99.7 cm³/mol. The second-order valence-electron chi connectivity index (χ2n) is 6.35. The van der Waals surface area contributed by atoms with Crippen molar-refractivity contribution in [1.82, 2.24) is 14.9 Å². The maximum atomic E-state index is 12.6. The molecule has 0 spiro atoms. The summed E-state index contributed by atoms with van der Waals surface area (Å²) in [6.07, 6.45) is 5.40. The summed E-state index contributed by atoms with van der Waals surface area (Å²) in [7, 11) is 0. The summed E-state index contributed by atoms with van der Waals surface area (Å²) in [4.78, 5) is 16.6. The second kappa shape index (κ2) is 6.84. The van der Waals surface area contributed by atoms with Gasteiger partial charge >= 0.3 is 0 Å². The third kappa shape index (κ3) is 3.30. The van der Waals surface area contributed by atoms with Gasteiger partial charge in [0.05, 0.1) is 12.4 Å². The van der Waals surface area contributed by atoms with Gasteiger partial charge in [-0.25, -0.2) is 4.98 Å². The summed E-state index contributed by atoms with van der Waals surface area (Å²) in [6, 6.07) is 13.3. The number of benzene rings is 2. The highest BCUT2D eigenvalue weighted by atomic mass is 35.5. The van der Waals surface area contributed by atoms with E-state index in [4.69, 9.17) is 16.3 Å². The Morgan fingerprint density at radius 2 is 2.12 bits per heavy atom. The number of fused-ring (bicyclic) bond motifs is 1. The summed E-state index contributed by atoms with van der Waals surface area (Å²) >= 11 is 6.00. The molecule has 3 aromatic rings. The van der Waals surface area contributed by atoms with Crippen molar-refractivity contribution in [2.24, 2.45) is 0 Å². The molecule has 0 radical (unpaired) electrons. The number of hydrogen-bond acceptors (Lipinski definition) is 3. The number of imidazole rings is 1. The van der Waals surface area contributed by atoms with E-state index in [-0.39, 0.29) is 11.9 Å². The molecular formula is C20H18ClN3O2. The van der Waals surface area contributed by atoms with Crippen LogP contribution in [0.1, 0.15) is 24.1 Å². The lowest BCUT2D eigenvalue weighted by Crippen LogP contribution is -2.38. The van der Waals surface area contributed by atoms with E-state index in [0.717, 1.165) is 22.6 Å². The summed E-state index contributed by atoms with van der Waals surface area (Å²) in [5.74, 6) is 0.607. The summed E-state index contributed by atoms with van der Waals surface area (Å²) < 4.78 is 7.68. The van der Waals surface area contributed by atoms with Gasteiger partial charge in [0, 0.05) is 29.5 Å². The topological polar surface area (TPSA) is 56.1 Å². The molecule has 2 heterocycles. The van der Waals surface area contributed by atoms with Crippen molar-refractivity contribution in [1.29, 1.82) is 0 Å². The highest BCUT2D eigenvalue weighted by Gasteiger charge is 2.30. The number of carbonyl (C=O) groups excluding carboxylic acids is 1. The van der Waals surface area contributed by atoms with Crippen LogP contribution in [0, 0.1) is 0 Å². The summed E-state index contributed by atoms with van der Waals surface area (Å²) in [5.41, 5.74) is 3.02. The Balaban J connectivity index is 1.40. The van der Waals surface area contributed by atoms with Crippen LogP contribution in [0.15, 0.2) is 61.2 Å². The molecule has 1 N–H and O–H groups in total. The minimum absolute atomic E-state index is 0.116. The van der Waals surface area contributed by atoms with Crippen molar-refractivity contribution in [3.8, 4) is 11.4 Å². The molecular weight excluding hydrogens is 350 g/mol. The zero-order valence-corrected chi connectivity index (χ0v) is 15.0. The van der Waals surface area contributed by atoms with E-state index in [1.807, 2.05) is 54.1 Å². The number of amides is 1. The van der Waals surface area contributed by atoms with E-state index < -0.39 is 6.10 Å². The molecule has 1 aromatic heterocycles. The minimum atomic E-state index is -0.517. The Morgan fingerprint density at radius 1 is 1.31 bits per heavy atom. The monoisotopic (exact) mass is 367 g/mol. The largest absolute Gasteiger partial charge is 0.480 e. The van der Waals surface area contributed by atoms with Gasteiger partial charge < -0.3 is 14.6 Å². The molecule has 2 aromatic carbocycles. The van der Waals surface area contributed by atoms with Gasteiger partial charge in [-0.3, -0.25) is 4.79 Å². The first kappa shape index (κ1) is 16.7. The van der Waals surface area contributed by atoms with E-state index >= 15 is 0 Å². The number of nitrogens with one attached hydrogen (secondary N) is 1. The lowest BCUT2D eigenvalue weighted by molar-refractivity contribution is -0.127. The average Bonchev–Trinajstić information content (AvgIpc) is 3.31. The molecule has 4 rings (SSSR count). The van der Waals surface area contributed by atoms with Crippen molar-refractivity contribution in [2.75, 3.05) is 0 Å². The van der Waals surface area contributed by atoms with E-state index in [0.29, 0.717) is 11.4 Å². The zero-order chi connectivity index (χ0) is 18.1. The van der Waals surface area contributed by atoms with Crippen molar-refractivity contribution in [3.05, 3.63) is 77.3 Å². The van der Waals surface area contributed by atoms with Gasteiger partial charge in [0.1, 0.15) is 5.75 Å². The van der Waals surface area contributed by atoms with Crippen molar-refractivity contribution >= 4 is 17.5 Å². The fourth-order valence-corrected chi connectivity index (χ4v) is 3.29. The lowest BCUT2D eigenvalue weighted by Gasteiger charge is -2.18. The van der Waals surface area contributed by atoms with Crippen LogP contribution in [0.3, 0.4) is 0 Å². The van der Waals surface area contributed by atoms with Gasteiger partial charge in [0.25, 0.3) is 5.91 Å². The smallest absolute Gasteiger partial charge is 0.261 e. The standard InChI is InChI=1S/C20H18ClN3O2/c1-13(14-2-5-17(6-3-14)24-9-8-22-12-24)23-20(25)19-11-15-10-16(21)4-7-18(15)26-19/h2-10,12-13,19H,11H2,1H3,(H,23,25)/t13-,19-/m1/s1. The van der Waals surface area contributed by atoms with Gasteiger partial charge in [-0.2, -0.15) is 0 Å². The first-order chi connectivity index (χ1) is 12.6. The van der Waals surface area contributed by atoms with Crippen LogP contribution in [0.2, 0.25) is 5.02 Å². The third-order valence-corrected chi connectivity index (χ3v) is 4.78. The molecule has 6 heteroatoms. The molecule has 26 heavy (non-hydrogen) atoms. The van der Waals surface area contributed by atoms with Crippen molar-refractivity contribution < 1.29 is 9.53 Å². The second-order valence-corrected chi connectivity index (χ2v) is 6.79. The quantitative estimate of drug-likeness (QED) is 0.764. The molecule has 0 saturated carbocycles. The number of nitrogens with zero attached hydrogens (tertiary/aromatic N) is 2. The van der Waals surface area contributed by atoms with Crippen molar-refractivity contribution in [3.63, 3.8) is 0 Å². The first-order valence-electron chi connectivity index (χ1n) is 8.44. The van der Waals surface area contributed by atoms with Crippen LogP contribution in [0.25, 0.3) is 5.69 Å². The zero-order valence-electron chi connectivity index (χ0n) is 14.2. The van der Waals surface area contributed by atoms with Gasteiger partial charge in [0.15, 0.2) is 6.10 Å². The lowest BCUT2D eigenvalue weighted by atomic mass is 10.1. The van der Waals surface area contributed by atoms with Gasteiger partial charge in [-0.05, 0) is 48.4 Å². The predicted octanol–water partition coefficient (Wildman–Crippen LogP) is 3.71. The Hall–Kier alpha value is -2.79. The van der Waals surface area contributed by atoms with E-state index in [2.05, 4.69) is 10.3 Å². The summed E-state index contributed by atoms with van der Waals surface area (Å²) in [5, 5.41) is 3.68. The number of carbonyl (C=O) groups is 1. The van der Waals surface area contributed by atoms with Crippen molar-refractivity contribution in [2.45, 2.75) is 25.5 Å².